The molecule has 2 aromatic heterocycles. The van der Waals surface area contributed by atoms with Crippen molar-refractivity contribution in [3.8, 4) is 5.75 Å². The summed E-state index contributed by atoms with van der Waals surface area (Å²) in [6.07, 6.45) is 1.50. The number of para-hydroxylation sites is 2. The van der Waals surface area contributed by atoms with Crippen molar-refractivity contribution in [2.24, 2.45) is 12.1 Å². The summed E-state index contributed by atoms with van der Waals surface area (Å²) in [5.41, 5.74) is 5.87. The number of hydrogen-bond acceptors (Lipinski definition) is 6. The van der Waals surface area contributed by atoms with Crippen molar-refractivity contribution in [2.45, 2.75) is 0 Å². The number of fused-ring (bicyclic) bond motifs is 3. The number of nitrogens with one attached hydrogen (secondary N) is 1. The van der Waals surface area contributed by atoms with Crippen LogP contribution in [0.4, 0.5) is 5.95 Å². The summed E-state index contributed by atoms with van der Waals surface area (Å²) in [5, 5.41) is 23.1. The van der Waals surface area contributed by atoms with E-state index in [1.165, 1.54) is 6.21 Å². The summed E-state index contributed by atoms with van der Waals surface area (Å²) in [6.45, 7) is 0. The predicted molar refractivity (Wildman–Crippen MR) is 93.1 cm³/mol. The fourth-order valence-electron chi connectivity index (χ4n) is 2.61. The van der Waals surface area contributed by atoms with Gasteiger partial charge in [0.05, 0.1) is 11.7 Å². The van der Waals surface area contributed by atoms with Crippen molar-refractivity contribution < 1.29 is 5.11 Å². The lowest BCUT2D eigenvalue weighted by atomic mass is 10.2. The molecule has 0 aliphatic carbocycles. The fraction of sp³-hybridized carbons (Fsp3) is 0.0588. The van der Waals surface area contributed by atoms with Gasteiger partial charge in [0.1, 0.15) is 11.3 Å². The molecule has 0 bridgehead atoms. The lowest BCUT2D eigenvalue weighted by Crippen LogP contribution is -2.00. The molecule has 118 valence electrons. The molecule has 0 aliphatic rings. The Morgan fingerprint density at radius 3 is 2.75 bits per heavy atom. The van der Waals surface area contributed by atoms with E-state index in [0.717, 1.165) is 22.1 Å². The number of aryl methyl sites for hydroxylation is 1. The van der Waals surface area contributed by atoms with E-state index in [0.29, 0.717) is 11.5 Å². The molecule has 0 saturated heterocycles. The summed E-state index contributed by atoms with van der Waals surface area (Å²) in [6, 6.07) is 14.9. The van der Waals surface area contributed by atoms with Gasteiger partial charge < -0.3 is 9.67 Å². The Labute approximate surface area is 137 Å². The molecule has 4 rings (SSSR count). The first kappa shape index (κ1) is 14.1. The second-order valence-electron chi connectivity index (χ2n) is 5.31. The number of phenols is 1. The first-order valence-corrected chi connectivity index (χ1v) is 7.39. The average molecular weight is 318 g/mol. The molecule has 7 nitrogen and oxygen atoms in total. The highest BCUT2D eigenvalue weighted by atomic mass is 16.3. The van der Waals surface area contributed by atoms with Crippen LogP contribution in [0.15, 0.2) is 53.6 Å². The van der Waals surface area contributed by atoms with Gasteiger partial charge in [-0.15, -0.1) is 10.2 Å². The highest BCUT2D eigenvalue weighted by Crippen LogP contribution is 2.24. The molecule has 2 aromatic carbocycles. The number of aromatic hydroxyl groups is 1. The minimum Gasteiger partial charge on any atom is -0.507 e. The number of aromatic nitrogens is 4. The van der Waals surface area contributed by atoms with Gasteiger partial charge in [-0.25, -0.2) is 5.43 Å². The zero-order valence-corrected chi connectivity index (χ0v) is 12.9. The largest absolute Gasteiger partial charge is 0.507 e. The Bertz CT molecular complexity index is 1070. The van der Waals surface area contributed by atoms with Gasteiger partial charge in [-0.05, 0) is 18.2 Å². The molecule has 0 fully saturated rings. The molecule has 0 aliphatic heterocycles. The summed E-state index contributed by atoms with van der Waals surface area (Å²) in [4.78, 5) is 4.47. The van der Waals surface area contributed by atoms with Crippen LogP contribution in [-0.2, 0) is 7.05 Å². The van der Waals surface area contributed by atoms with Crippen molar-refractivity contribution >= 4 is 34.2 Å². The minimum atomic E-state index is 0.159. The third kappa shape index (κ3) is 2.32. The normalized spacial score (nSPS) is 11.5. The van der Waals surface area contributed by atoms with Gasteiger partial charge in [0, 0.05) is 18.0 Å². The number of hydrogen-bond donors (Lipinski definition) is 2. The molecular weight excluding hydrogens is 304 g/mol. The molecule has 0 atom stereocenters. The highest BCUT2D eigenvalue weighted by Gasteiger charge is 2.11. The number of nitrogens with zero attached hydrogens (tertiary/aromatic N) is 5. The Morgan fingerprint density at radius 2 is 1.88 bits per heavy atom. The van der Waals surface area contributed by atoms with E-state index in [-0.39, 0.29) is 5.75 Å². The van der Waals surface area contributed by atoms with E-state index >= 15 is 0 Å². The van der Waals surface area contributed by atoms with Crippen LogP contribution >= 0.6 is 0 Å². The van der Waals surface area contributed by atoms with Gasteiger partial charge in [-0.3, -0.25) is 0 Å². The Balaban J connectivity index is 1.67. The molecule has 0 spiro atoms. The van der Waals surface area contributed by atoms with Gasteiger partial charge in [-0.2, -0.15) is 10.1 Å². The van der Waals surface area contributed by atoms with Crippen LogP contribution in [0.5, 0.6) is 5.75 Å². The van der Waals surface area contributed by atoms with Gasteiger partial charge in [0.15, 0.2) is 5.65 Å². The summed E-state index contributed by atoms with van der Waals surface area (Å²) in [5.74, 6) is 0.450. The number of hydrazone groups is 1. The van der Waals surface area contributed by atoms with Crippen molar-refractivity contribution in [1.82, 2.24) is 19.7 Å². The summed E-state index contributed by atoms with van der Waals surface area (Å²) >= 11 is 0. The number of anilines is 1. The maximum atomic E-state index is 9.70. The van der Waals surface area contributed by atoms with Crippen molar-refractivity contribution in [3.63, 3.8) is 0 Å². The molecule has 24 heavy (non-hydrogen) atoms. The smallest absolute Gasteiger partial charge is 0.265 e. The molecule has 2 N–H and O–H groups in total. The second kappa shape index (κ2) is 5.62. The van der Waals surface area contributed by atoms with E-state index in [1.807, 2.05) is 41.9 Å². The van der Waals surface area contributed by atoms with Crippen LogP contribution < -0.4 is 5.43 Å². The first-order chi connectivity index (χ1) is 11.7. The molecule has 2 heterocycles. The maximum absolute atomic E-state index is 9.70. The van der Waals surface area contributed by atoms with Crippen LogP contribution in [-0.4, -0.2) is 31.1 Å². The third-order valence-corrected chi connectivity index (χ3v) is 3.81. The molecule has 4 aromatic rings. The number of rotatable bonds is 3. The monoisotopic (exact) mass is 318 g/mol. The molecule has 0 radical (unpaired) electrons. The highest BCUT2D eigenvalue weighted by molar-refractivity contribution is 6.04. The van der Waals surface area contributed by atoms with Crippen LogP contribution in [0.25, 0.3) is 22.1 Å². The number of benzene rings is 2. The van der Waals surface area contributed by atoms with E-state index < -0.39 is 0 Å². The quantitative estimate of drug-likeness (QED) is 0.448. The minimum absolute atomic E-state index is 0.159. The standard InChI is InChI=1S/C17H14N6O/c1-23-13-8-4-3-7-12(13)15-16(23)19-17(22-20-15)21-18-10-11-6-2-5-9-14(11)24/h2-10,24H,1H3,(H,19,21,22)/b18-10+. The van der Waals surface area contributed by atoms with E-state index in [9.17, 15) is 5.11 Å². The zero-order valence-electron chi connectivity index (χ0n) is 12.9. The molecule has 0 unspecified atom stereocenters. The Morgan fingerprint density at radius 1 is 1.08 bits per heavy atom. The Hall–Kier alpha value is -3.48. The van der Waals surface area contributed by atoms with E-state index in [2.05, 4.69) is 25.7 Å². The van der Waals surface area contributed by atoms with Crippen LogP contribution in [0.1, 0.15) is 5.56 Å². The summed E-state index contributed by atoms with van der Waals surface area (Å²) < 4.78 is 1.97. The SMILES string of the molecule is Cn1c2ccccc2c2nnc(N/N=C/c3ccccc3O)nc21. The molecule has 0 amide bonds. The van der Waals surface area contributed by atoms with Crippen molar-refractivity contribution in [2.75, 3.05) is 5.43 Å². The summed E-state index contributed by atoms with van der Waals surface area (Å²) in [7, 11) is 1.94. The zero-order chi connectivity index (χ0) is 16.5. The predicted octanol–water partition coefficient (Wildman–Crippen LogP) is 2.67. The lowest BCUT2D eigenvalue weighted by Gasteiger charge is -2.00. The van der Waals surface area contributed by atoms with Gasteiger partial charge in [0.2, 0.25) is 0 Å². The molecular formula is C17H14N6O. The van der Waals surface area contributed by atoms with Crippen molar-refractivity contribution in [1.29, 1.82) is 0 Å². The van der Waals surface area contributed by atoms with Crippen molar-refractivity contribution in [3.05, 3.63) is 54.1 Å². The van der Waals surface area contributed by atoms with Crippen LogP contribution in [0.2, 0.25) is 0 Å². The van der Waals surface area contributed by atoms with Gasteiger partial charge in [0.25, 0.3) is 5.95 Å². The first-order valence-electron chi connectivity index (χ1n) is 7.39. The second-order valence-corrected chi connectivity index (χ2v) is 5.31. The maximum Gasteiger partial charge on any atom is 0.265 e. The molecule has 7 heteroatoms. The molecule has 0 saturated carbocycles. The van der Waals surface area contributed by atoms with Gasteiger partial charge in [-0.1, -0.05) is 30.3 Å². The lowest BCUT2D eigenvalue weighted by molar-refractivity contribution is 0.474. The van der Waals surface area contributed by atoms with Crippen LogP contribution in [0.3, 0.4) is 0 Å². The Kier molecular flexibility index (Phi) is 3.31. The third-order valence-electron chi connectivity index (χ3n) is 3.81. The fourth-order valence-corrected chi connectivity index (χ4v) is 2.61. The average Bonchev–Trinajstić information content (AvgIpc) is 2.90. The number of phenolic OH excluding ortho intramolecular Hbond substituents is 1. The van der Waals surface area contributed by atoms with E-state index in [1.54, 1.807) is 18.2 Å². The topological polar surface area (TPSA) is 88.2 Å². The van der Waals surface area contributed by atoms with Gasteiger partial charge >= 0.3 is 0 Å². The van der Waals surface area contributed by atoms with E-state index in [4.69, 9.17) is 0 Å². The van der Waals surface area contributed by atoms with Crippen LogP contribution in [0, 0.1) is 0 Å².